The molecular formula is C19H18N2O3S2. The van der Waals surface area contributed by atoms with Crippen LogP contribution < -0.4 is 5.32 Å². The summed E-state index contributed by atoms with van der Waals surface area (Å²) in [5, 5.41) is 7.46. The number of ether oxygens (including phenoxy) is 1. The highest BCUT2D eigenvalue weighted by Gasteiger charge is 2.19. The molecule has 0 unspecified atom stereocenters. The third-order valence-corrected chi connectivity index (χ3v) is 5.46. The van der Waals surface area contributed by atoms with Crippen LogP contribution in [-0.4, -0.2) is 23.5 Å². The predicted octanol–water partition coefficient (Wildman–Crippen LogP) is 4.59. The Morgan fingerprint density at radius 2 is 1.88 bits per heavy atom. The third kappa shape index (κ3) is 4.36. The van der Waals surface area contributed by atoms with E-state index in [1.165, 1.54) is 11.3 Å². The van der Waals surface area contributed by atoms with Crippen LogP contribution >= 0.6 is 22.7 Å². The number of nitrogens with zero attached hydrogens (tertiary/aromatic N) is 1. The Labute approximate surface area is 159 Å². The number of carbonyl (C=O) groups excluding carboxylic acids is 2. The van der Waals surface area contributed by atoms with Gasteiger partial charge in [0.15, 0.2) is 6.61 Å². The van der Waals surface area contributed by atoms with Gasteiger partial charge in [-0.15, -0.1) is 11.3 Å². The molecule has 2 aromatic heterocycles. The Morgan fingerprint density at radius 1 is 1.15 bits per heavy atom. The molecule has 1 aromatic carbocycles. The van der Waals surface area contributed by atoms with E-state index in [1.54, 1.807) is 18.3 Å². The van der Waals surface area contributed by atoms with Gasteiger partial charge in [-0.3, -0.25) is 4.79 Å². The lowest BCUT2D eigenvalue weighted by Gasteiger charge is -2.08. The van der Waals surface area contributed by atoms with E-state index in [2.05, 4.69) is 10.3 Å². The number of thiophene rings is 1. The average molecular weight is 386 g/mol. The van der Waals surface area contributed by atoms with E-state index in [9.17, 15) is 9.59 Å². The number of carbonyl (C=O) groups is 2. The monoisotopic (exact) mass is 386 g/mol. The Morgan fingerprint density at radius 3 is 2.54 bits per heavy atom. The van der Waals surface area contributed by atoms with Gasteiger partial charge >= 0.3 is 5.97 Å². The number of hydrogen-bond acceptors (Lipinski definition) is 6. The Kier molecular flexibility index (Phi) is 5.49. The van der Waals surface area contributed by atoms with Crippen LogP contribution in [0.2, 0.25) is 0 Å². The molecule has 0 aliphatic heterocycles. The van der Waals surface area contributed by atoms with Crippen LogP contribution in [0.1, 0.15) is 26.5 Å². The molecule has 0 bridgehead atoms. The zero-order valence-electron chi connectivity index (χ0n) is 14.7. The molecule has 0 fully saturated rings. The second-order valence-electron chi connectivity index (χ2n) is 5.95. The van der Waals surface area contributed by atoms with Gasteiger partial charge in [0.05, 0.1) is 5.69 Å². The van der Waals surface area contributed by atoms with Gasteiger partial charge < -0.3 is 10.1 Å². The third-order valence-electron chi connectivity index (χ3n) is 3.59. The van der Waals surface area contributed by atoms with Gasteiger partial charge in [0.1, 0.15) is 9.88 Å². The minimum absolute atomic E-state index is 0.336. The van der Waals surface area contributed by atoms with Crippen molar-refractivity contribution < 1.29 is 14.3 Å². The van der Waals surface area contributed by atoms with Crippen LogP contribution in [0.25, 0.3) is 10.6 Å². The molecule has 0 saturated carbocycles. The lowest BCUT2D eigenvalue weighted by atomic mass is 10.1. The normalized spacial score (nSPS) is 10.6. The van der Waals surface area contributed by atoms with Gasteiger partial charge in [-0.25, -0.2) is 9.78 Å². The highest BCUT2D eigenvalue weighted by Crippen LogP contribution is 2.29. The Hall–Kier alpha value is -2.51. The maximum absolute atomic E-state index is 12.3. The van der Waals surface area contributed by atoms with E-state index in [1.807, 2.05) is 48.9 Å². The molecule has 3 aromatic rings. The van der Waals surface area contributed by atoms with Crippen LogP contribution in [0.4, 0.5) is 5.69 Å². The highest BCUT2D eigenvalue weighted by molar-refractivity contribution is 7.17. The molecule has 0 aliphatic carbocycles. The molecule has 0 radical (unpaired) electrons. The summed E-state index contributed by atoms with van der Waals surface area (Å²) in [6, 6.07) is 7.71. The van der Waals surface area contributed by atoms with Crippen molar-refractivity contribution in [3.05, 3.63) is 56.7 Å². The molecular weight excluding hydrogens is 368 g/mol. The van der Waals surface area contributed by atoms with Gasteiger partial charge in [-0.1, -0.05) is 6.07 Å². The SMILES string of the molecule is Cc1cc(C)cc(NC(=O)COC(=O)c2sc(-c3ccsc3)nc2C)c1. The minimum Gasteiger partial charge on any atom is -0.451 e. The molecule has 1 amide bonds. The van der Waals surface area contributed by atoms with Gasteiger partial charge in [-0.2, -0.15) is 11.3 Å². The van der Waals surface area contributed by atoms with E-state index in [-0.39, 0.29) is 12.5 Å². The number of aromatic nitrogens is 1. The Balaban J connectivity index is 1.61. The number of aryl methyl sites for hydroxylation is 3. The van der Waals surface area contributed by atoms with Gasteiger partial charge in [-0.05, 0) is 55.5 Å². The van der Waals surface area contributed by atoms with Crippen molar-refractivity contribution >= 4 is 40.2 Å². The molecule has 3 rings (SSSR count). The summed E-state index contributed by atoms with van der Waals surface area (Å²) in [5.41, 5.74) is 4.39. The first-order valence-electron chi connectivity index (χ1n) is 7.97. The minimum atomic E-state index is -0.531. The van der Waals surface area contributed by atoms with E-state index >= 15 is 0 Å². The fourth-order valence-corrected chi connectivity index (χ4v) is 4.21. The lowest BCUT2D eigenvalue weighted by molar-refractivity contribution is -0.119. The number of amides is 1. The molecule has 0 atom stereocenters. The number of nitrogens with one attached hydrogen (secondary N) is 1. The number of esters is 1. The average Bonchev–Trinajstić information content (AvgIpc) is 3.21. The summed E-state index contributed by atoms with van der Waals surface area (Å²) in [6.07, 6.45) is 0. The maximum atomic E-state index is 12.3. The number of benzene rings is 1. The zero-order chi connectivity index (χ0) is 18.7. The highest BCUT2D eigenvalue weighted by atomic mass is 32.1. The fourth-order valence-electron chi connectivity index (χ4n) is 2.54. The second kappa shape index (κ2) is 7.80. The first-order chi connectivity index (χ1) is 12.4. The van der Waals surface area contributed by atoms with E-state index in [4.69, 9.17) is 4.74 Å². The van der Waals surface area contributed by atoms with Crippen LogP contribution in [0, 0.1) is 20.8 Å². The molecule has 0 saturated heterocycles. The maximum Gasteiger partial charge on any atom is 0.350 e. The topological polar surface area (TPSA) is 68.3 Å². The predicted molar refractivity (Wildman–Crippen MR) is 105 cm³/mol. The second-order valence-corrected chi connectivity index (χ2v) is 7.73. The van der Waals surface area contributed by atoms with Gasteiger partial charge in [0, 0.05) is 16.6 Å². The molecule has 2 heterocycles. The van der Waals surface area contributed by atoms with E-state index in [0.717, 1.165) is 21.7 Å². The van der Waals surface area contributed by atoms with Crippen molar-refractivity contribution in [1.82, 2.24) is 4.98 Å². The largest absolute Gasteiger partial charge is 0.451 e. The van der Waals surface area contributed by atoms with Crippen molar-refractivity contribution in [3.8, 4) is 10.6 Å². The first-order valence-corrected chi connectivity index (χ1v) is 9.73. The van der Waals surface area contributed by atoms with Crippen molar-refractivity contribution in [2.45, 2.75) is 20.8 Å². The summed E-state index contributed by atoms with van der Waals surface area (Å²) in [6.45, 7) is 5.34. The van der Waals surface area contributed by atoms with Crippen LogP contribution in [0.5, 0.6) is 0 Å². The van der Waals surface area contributed by atoms with Crippen molar-refractivity contribution in [1.29, 1.82) is 0 Å². The van der Waals surface area contributed by atoms with Crippen LogP contribution in [0.3, 0.4) is 0 Å². The number of thiazole rings is 1. The number of hydrogen-bond donors (Lipinski definition) is 1. The first kappa shape index (κ1) is 18.3. The van der Waals surface area contributed by atoms with Gasteiger partial charge in [0.25, 0.3) is 5.91 Å². The number of rotatable bonds is 5. The summed E-state index contributed by atoms with van der Waals surface area (Å²) >= 11 is 2.85. The Bertz CT molecular complexity index is 926. The summed E-state index contributed by atoms with van der Waals surface area (Å²) in [4.78, 5) is 29.2. The van der Waals surface area contributed by atoms with Crippen LogP contribution in [0.15, 0.2) is 35.0 Å². The van der Waals surface area contributed by atoms with Crippen molar-refractivity contribution in [2.75, 3.05) is 11.9 Å². The molecule has 0 aliphatic rings. The summed E-state index contributed by atoms with van der Waals surface area (Å²) < 4.78 is 5.16. The molecule has 5 nitrogen and oxygen atoms in total. The molecule has 26 heavy (non-hydrogen) atoms. The standard InChI is InChI=1S/C19H18N2O3S2/c1-11-6-12(2)8-15(7-11)21-16(22)9-24-19(23)17-13(3)20-18(26-17)14-4-5-25-10-14/h4-8,10H,9H2,1-3H3,(H,21,22). The molecule has 0 spiro atoms. The zero-order valence-corrected chi connectivity index (χ0v) is 16.3. The van der Waals surface area contributed by atoms with Crippen LogP contribution in [-0.2, 0) is 9.53 Å². The molecule has 1 N–H and O–H groups in total. The fraction of sp³-hybridized carbons (Fsp3) is 0.211. The van der Waals surface area contributed by atoms with Gasteiger partial charge in [0.2, 0.25) is 0 Å². The van der Waals surface area contributed by atoms with Crippen molar-refractivity contribution in [3.63, 3.8) is 0 Å². The molecule has 7 heteroatoms. The summed E-state index contributed by atoms with van der Waals surface area (Å²) in [7, 11) is 0. The quantitative estimate of drug-likeness (QED) is 0.651. The number of anilines is 1. The molecule has 134 valence electrons. The van der Waals surface area contributed by atoms with E-state index in [0.29, 0.717) is 16.3 Å². The lowest BCUT2D eigenvalue weighted by Crippen LogP contribution is -2.21. The smallest absolute Gasteiger partial charge is 0.350 e. The summed E-state index contributed by atoms with van der Waals surface area (Å²) in [5.74, 6) is -0.902. The van der Waals surface area contributed by atoms with E-state index < -0.39 is 5.97 Å². The van der Waals surface area contributed by atoms with Crippen molar-refractivity contribution in [2.24, 2.45) is 0 Å².